The highest BCUT2D eigenvalue weighted by Crippen LogP contribution is 2.20. The van der Waals surface area contributed by atoms with Gasteiger partial charge in [0, 0.05) is 32.7 Å². The van der Waals surface area contributed by atoms with Gasteiger partial charge in [-0.1, -0.05) is 47.1 Å². The summed E-state index contributed by atoms with van der Waals surface area (Å²) in [5.41, 5.74) is 1.63. The zero-order chi connectivity index (χ0) is 17.9. The molecule has 0 saturated carbocycles. The van der Waals surface area contributed by atoms with E-state index in [2.05, 4.69) is 16.8 Å². The maximum atomic E-state index is 12.3. The molecule has 1 aromatic rings. The molecule has 2 saturated heterocycles. The summed E-state index contributed by atoms with van der Waals surface area (Å²) in [6, 6.07) is 5.83. The third-order valence-corrected chi connectivity index (χ3v) is 4.41. The first-order valence-corrected chi connectivity index (χ1v) is 9.74. The van der Waals surface area contributed by atoms with Gasteiger partial charge in [-0.25, -0.2) is 4.98 Å². The molecule has 0 bridgehead atoms. The van der Waals surface area contributed by atoms with E-state index in [1.165, 1.54) is 19.5 Å². The SMILES string of the molecule is CC.CC.CCC1CN(Cc2cccc(C(=O)N3CCCC3)n2)C1. The molecule has 0 radical (unpaired) electrons. The van der Waals surface area contributed by atoms with E-state index in [4.69, 9.17) is 0 Å². The number of carbonyl (C=O) groups excluding carboxylic acids is 1. The van der Waals surface area contributed by atoms with E-state index >= 15 is 0 Å². The first-order chi connectivity index (χ1) is 11.8. The van der Waals surface area contributed by atoms with Crippen LogP contribution in [-0.2, 0) is 6.54 Å². The maximum Gasteiger partial charge on any atom is 0.272 e. The van der Waals surface area contributed by atoms with E-state index < -0.39 is 0 Å². The summed E-state index contributed by atoms with van der Waals surface area (Å²) in [4.78, 5) is 21.2. The summed E-state index contributed by atoms with van der Waals surface area (Å²) in [6.07, 6.45) is 3.51. The molecular formula is C20H35N3O. The largest absolute Gasteiger partial charge is 0.337 e. The Kier molecular flexibility index (Phi) is 9.62. The zero-order valence-corrected chi connectivity index (χ0v) is 16.2. The number of hydrogen-bond acceptors (Lipinski definition) is 3. The Morgan fingerprint density at radius 3 is 2.33 bits per heavy atom. The van der Waals surface area contributed by atoms with Crippen LogP contribution in [0.3, 0.4) is 0 Å². The molecule has 0 N–H and O–H groups in total. The van der Waals surface area contributed by atoms with Crippen LogP contribution >= 0.6 is 0 Å². The molecule has 0 spiro atoms. The molecule has 0 unspecified atom stereocenters. The van der Waals surface area contributed by atoms with Crippen LogP contribution in [0.2, 0.25) is 0 Å². The van der Waals surface area contributed by atoms with Gasteiger partial charge < -0.3 is 4.90 Å². The molecule has 4 heteroatoms. The van der Waals surface area contributed by atoms with Crippen molar-refractivity contribution in [2.24, 2.45) is 5.92 Å². The highest BCUT2D eigenvalue weighted by Gasteiger charge is 2.25. The molecular weight excluding hydrogens is 298 g/mol. The Labute approximate surface area is 148 Å². The number of rotatable bonds is 4. The quantitative estimate of drug-likeness (QED) is 0.828. The highest BCUT2D eigenvalue weighted by molar-refractivity contribution is 5.92. The molecule has 2 aliphatic heterocycles. The van der Waals surface area contributed by atoms with Gasteiger partial charge >= 0.3 is 0 Å². The van der Waals surface area contributed by atoms with Gasteiger partial charge in [-0.3, -0.25) is 9.69 Å². The Morgan fingerprint density at radius 2 is 1.75 bits per heavy atom. The predicted octanol–water partition coefficient (Wildman–Crippen LogP) is 4.21. The number of pyridine rings is 1. The standard InChI is InChI=1S/C16H23N3O.2C2H6/c1-2-13-10-18(11-13)12-14-6-5-7-15(17-14)16(20)19-8-3-4-9-19;2*1-2/h5-7,13H,2-4,8-12H2,1H3;2*1-2H3. The monoisotopic (exact) mass is 333 g/mol. The Bertz CT molecular complexity index is 478. The van der Waals surface area contributed by atoms with Crippen LogP contribution in [0, 0.1) is 5.92 Å². The third-order valence-electron chi connectivity index (χ3n) is 4.41. The normalized spacial score (nSPS) is 17.3. The van der Waals surface area contributed by atoms with Crippen LogP contribution in [0.5, 0.6) is 0 Å². The Hall–Kier alpha value is -1.42. The van der Waals surface area contributed by atoms with Crippen LogP contribution in [-0.4, -0.2) is 46.9 Å². The molecule has 1 amide bonds. The van der Waals surface area contributed by atoms with Gasteiger partial charge in [0.25, 0.3) is 5.91 Å². The predicted molar refractivity (Wildman–Crippen MR) is 101 cm³/mol. The first-order valence-electron chi connectivity index (χ1n) is 9.74. The molecule has 24 heavy (non-hydrogen) atoms. The molecule has 4 nitrogen and oxygen atoms in total. The highest BCUT2D eigenvalue weighted by atomic mass is 16.2. The fourth-order valence-electron chi connectivity index (χ4n) is 3.06. The van der Waals surface area contributed by atoms with Crippen LogP contribution in [0.1, 0.15) is 70.1 Å². The zero-order valence-electron chi connectivity index (χ0n) is 16.2. The second-order valence-corrected chi connectivity index (χ2v) is 5.98. The Morgan fingerprint density at radius 1 is 1.12 bits per heavy atom. The minimum Gasteiger partial charge on any atom is -0.337 e. The van der Waals surface area contributed by atoms with Crippen molar-refractivity contribution >= 4 is 5.91 Å². The summed E-state index contributed by atoms with van der Waals surface area (Å²) in [5, 5.41) is 0. The lowest BCUT2D eigenvalue weighted by atomic mass is 9.97. The van der Waals surface area contributed by atoms with Crippen molar-refractivity contribution in [2.75, 3.05) is 26.2 Å². The topological polar surface area (TPSA) is 36.4 Å². The van der Waals surface area contributed by atoms with Gasteiger partial charge in [0.2, 0.25) is 0 Å². The van der Waals surface area contributed by atoms with Crippen molar-refractivity contribution in [2.45, 2.75) is 60.4 Å². The molecule has 136 valence electrons. The maximum absolute atomic E-state index is 12.3. The Balaban J connectivity index is 0.000000671. The lowest BCUT2D eigenvalue weighted by Gasteiger charge is -2.38. The number of likely N-dealkylation sites (tertiary alicyclic amines) is 2. The van der Waals surface area contributed by atoms with E-state index in [0.29, 0.717) is 5.69 Å². The molecule has 0 aromatic carbocycles. The van der Waals surface area contributed by atoms with E-state index in [1.807, 2.05) is 50.8 Å². The van der Waals surface area contributed by atoms with Gasteiger partial charge in [0.1, 0.15) is 5.69 Å². The lowest BCUT2D eigenvalue weighted by molar-refractivity contribution is 0.0781. The summed E-state index contributed by atoms with van der Waals surface area (Å²) >= 11 is 0. The average Bonchev–Trinajstić information content (AvgIpc) is 3.15. The molecule has 2 fully saturated rings. The summed E-state index contributed by atoms with van der Waals surface area (Å²) in [6.45, 7) is 15.2. The summed E-state index contributed by atoms with van der Waals surface area (Å²) < 4.78 is 0. The second kappa shape index (κ2) is 11.2. The number of aromatic nitrogens is 1. The van der Waals surface area contributed by atoms with Crippen LogP contribution < -0.4 is 0 Å². The second-order valence-electron chi connectivity index (χ2n) is 5.98. The van der Waals surface area contributed by atoms with Gasteiger partial charge in [-0.2, -0.15) is 0 Å². The number of nitrogens with zero attached hydrogens (tertiary/aromatic N) is 3. The average molecular weight is 334 g/mol. The van der Waals surface area contributed by atoms with Crippen LogP contribution in [0.4, 0.5) is 0 Å². The van der Waals surface area contributed by atoms with E-state index in [1.54, 1.807) is 0 Å². The number of hydrogen-bond donors (Lipinski definition) is 0. The van der Waals surface area contributed by atoms with Crippen molar-refractivity contribution in [1.29, 1.82) is 0 Å². The van der Waals surface area contributed by atoms with E-state index in [0.717, 1.165) is 44.1 Å². The van der Waals surface area contributed by atoms with Crippen LogP contribution in [0.25, 0.3) is 0 Å². The van der Waals surface area contributed by atoms with Crippen molar-refractivity contribution in [3.05, 3.63) is 29.6 Å². The van der Waals surface area contributed by atoms with Gasteiger partial charge in [-0.15, -0.1) is 0 Å². The molecule has 3 rings (SSSR count). The fourth-order valence-corrected chi connectivity index (χ4v) is 3.06. The van der Waals surface area contributed by atoms with Crippen molar-refractivity contribution in [3.8, 4) is 0 Å². The lowest BCUT2D eigenvalue weighted by Crippen LogP contribution is -2.45. The van der Waals surface area contributed by atoms with Crippen molar-refractivity contribution < 1.29 is 4.79 Å². The minimum atomic E-state index is 0.0967. The number of amides is 1. The fraction of sp³-hybridized carbons (Fsp3) is 0.700. The summed E-state index contributed by atoms with van der Waals surface area (Å²) in [5.74, 6) is 0.948. The molecule has 0 atom stereocenters. The van der Waals surface area contributed by atoms with E-state index in [9.17, 15) is 4.79 Å². The van der Waals surface area contributed by atoms with Crippen LogP contribution in [0.15, 0.2) is 18.2 Å². The van der Waals surface area contributed by atoms with E-state index in [-0.39, 0.29) is 5.91 Å². The minimum absolute atomic E-state index is 0.0967. The van der Waals surface area contributed by atoms with Crippen molar-refractivity contribution in [3.63, 3.8) is 0 Å². The third kappa shape index (κ3) is 5.59. The first kappa shape index (κ1) is 20.6. The smallest absolute Gasteiger partial charge is 0.272 e. The van der Waals surface area contributed by atoms with Gasteiger partial charge in [0.15, 0.2) is 0 Å². The molecule has 0 aliphatic carbocycles. The number of carbonyl (C=O) groups is 1. The molecule has 2 aliphatic rings. The van der Waals surface area contributed by atoms with Gasteiger partial charge in [0.05, 0.1) is 5.69 Å². The molecule has 1 aromatic heterocycles. The molecule has 3 heterocycles. The van der Waals surface area contributed by atoms with Crippen molar-refractivity contribution in [1.82, 2.24) is 14.8 Å². The van der Waals surface area contributed by atoms with Gasteiger partial charge in [-0.05, 0) is 30.9 Å². The summed E-state index contributed by atoms with van der Waals surface area (Å²) in [7, 11) is 0.